The molecule has 0 aliphatic heterocycles. The summed E-state index contributed by atoms with van der Waals surface area (Å²) in [7, 11) is 1.68. The zero-order valence-corrected chi connectivity index (χ0v) is 10.1. The van der Waals surface area contributed by atoms with Crippen LogP contribution in [-0.4, -0.2) is 12.1 Å². The monoisotopic (exact) mass is 228 g/mol. The number of hydrogen-bond donors (Lipinski definition) is 1. The number of benzene rings is 1. The molecule has 0 atom stereocenters. The van der Waals surface area contributed by atoms with E-state index in [1.165, 1.54) is 11.1 Å². The number of anilines is 1. The lowest BCUT2D eigenvalue weighted by atomic mass is 10.2. The summed E-state index contributed by atoms with van der Waals surface area (Å²) in [4.78, 5) is 4.25. The highest BCUT2D eigenvalue weighted by Crippen LogP contribution is 2.14. The molecule has 88 valence electrons. The van der Waals surface area contributed by atoms with Crippen molar-refractivity contribution in [1.29, 1.82) is 0 Å². The van der Waals surface area contributed by atoms with E-state index < -0.39 is 0 Å². The van der Waals surface area contributed by atoms with Crippen LogP contribution in [-0.2, 0) is 6.54 Å². The number of pyridine rings is 1. The van der Waals surface area contributed by atoms with E-state index in [4.69, 9.17) is 4.74 Å². The summed E-state index contributed by atoms with van der Waals surface area (Å²) in [5, 5.41) is 3.29. The molecule has 3 heteroatoms. The van der Waals surface area contributed by atoms with Crippen LogP contribution < -0.4 is 10.1 Å². The molecule has 2 rings (SSSR count). The third kappa shape index (κ3) is 3.21. The maximum atomic E-state index is 5.18. The Morgan fingerprint density at radius 1 is 1.24 bits per heavy atom. The predicted octanol–water partition coefficient (Wildman–Crippen LogP) is 3.01. The van der Waals surface area contributed by atoms with Crippen molar-refractivity contribution in [1.82, 2.24) is 4.98 Å². The second-order valence-corrected chi connectivity index (χ2v) is 3.92. The van der Waals surface area contributed by atoms with Gasteiger partial charge in [0.05, 0.1) is 7.11 Å². The van der Waals surface area contributed by atoms with Crippen molar-refractivity contribution in [2.75, 3.05) is 12.4 Å². The maximum Gasteiger partial charge on any atom is 0.126 e. The summed E-state index contributed by atoms with van der Waals surface area (Å²) in [5.74, 6) is 1.77. The molecule has 2 aromatic rings. The van der Waals surface area contributed by atoms with Crippen LogP contribution in [0.4, 0.5) is 5.82 Å². The van der Waals surface area contributed by atoms with Crippen LogP contribution in [0.25, 0.3) is 0 Å². The van der Waals surface area contributed by atoms with E-state index in [-0.39, 0.29) is 0 Å². The standard InChI is InChI=1S/C14H16N2O/c1-11-6-7-15-14(8-11)16-10-12-4-3-5-13(9-12)17-2/h3-9H,10H2,1-2H3,(H,15,16). The molecular weight excluding hydrogens is 212 g/mol. The first-order valence-electron chi connectivity index (χ1n) is 5.57. The Kier molecular flexibility index (Phi) is 3.60. The maximum absolute atomic E-state index is 5.18. The third-order valence-electron chi connectivity index (χ3n) is 2.52. The van der Waals surface area contributed by atoms with Gasteiger partial charge in [-0.05, 0) is 42.3 Å². The summed E-state index contributed by atoms with van der Waals surface area (Å²) >= 11 is 0. The number of aryl methyl sites for hydroxylation is 1. The normalized spacial score (nSPS) is 10.0. The van der Waals surface area contributed by atoms with Gasteiger partial charge >= 0.3 is 0 Å². The van der Waals surface area contributed by atoms with E-state index in [2.05, 4.69) is 23.3 Å². The Labute approximate surface area is 101 Å². The van der Waals surface area contributed by atoms with Crippen LogP contribution in [0.2, 0.25) is 0 Å². The molecule has 0 spiro atoms. The first kappa shape index (κ1) is 11.5. The van der Waals surface area contributed by atoms with Gasteiger partial charge in [-0.2, -0.15) is 0 Å². The molecule has 0 amide bonds. The van der Waals surface area contributed by atoms with Crippen molar-refractivity contribution in [3.63, 3.8) is 0 Å². The Morgan fingerprint density at radius 3 is 2.88 bits per heavy atom. The summed E-state index contributed by atoms with van der Waals surface area (Å²) in [6, 6.07) is 12.0. The second kappa shape index (κ2) is 5.34. The van der Waals surface area contributed by atoms with E-state index in [1.54, 1.807) is 7.11 Å². The van der Waals surface area contributed by atoms with Crippen molar-refractivity contribution < 1.29 is 4.74 Å². The molecule has 1 heterocycles. The van der Waals surface area contributed by atoms with Crippen LogP contribution in [0, 0.1) is 6.92 Å². The van der Waals surface area contributed by atoms with Gasteiger partial charge in [0.25, 0.3) is 0 Å². The van der Waals surface area contributed by atoms with E-state index in [0.29, 0.717) is 0 Å². The van der Waals surface area contributed by atoms with Gasteiger partial charge in [-0.25, -0.2) is 4.98 Å². The number of rotatable bonds is 4. The van der Waals surface area contributed by atoms with E-state index >= 15 is 0 Å². The predicted molar refractivity (Wildman–Crippen MR) is 69.3 cm³/mol. The van der Waals surface area contributed by atoms with Crippen molar-refractivity contribution in [2.45, 2.75) is 13.5 Å². The number of aromatic nitrogens is 1. The largest absolute Gasteiger partial charge is 0.497 e. The average Bonchev–Trinajstić information content (AvgIpc) is 2.37. The summed E-state index contributed by atoms with van der Waals surface area (Å²) < 4.78 is 5.18. The number of methoxy groups -OCH3 is 1. The van der Waals surface area contributed by atoms with Crippen LogP contribution in [0.1, 0.15) is 11.1 Å². The van der Waals surface area contributed by atoms with Gasteiger partial charge in [-0.15, -0.1) is 0 Å². The molecule has 3 nitrogen and oxygen atoms in total. The molecule has 17 heavy (non-hydrogen) atoms. The highest BCUT2D eigenvalue weighted by atomic mass is 16.5. The van der Waals surface area contributed by atoms with Gasteiger partial charge in [0.2, 0.25) is 0 Å². The second-order valence-electron chi connectivity index (χ2n) is 3.92. The molecule has 1 aromatic heterocycles. The summed E-state index contributed by atoms with van der Waals surface area (Å²) in [5.41, 5.74) is 2.38. The summed E-state index contributed by atoms with van der Waals surface area (Å²) in [6.07, 6.45) is 1.81. The van der Waals surface area contributed by atoms with E-state index in [0.717, 1.165) is 18.1 Å². The van der Waals surface area contributed by atoms with Gasteiger partial charge in [0.1, 0.15) is 11.6 Å². The van der Waals surface area contributed by atoms with Crippen LogP contribution >= 0.6 is 0 Å². The quantitative estimate of drug-likeness (QED) is 0.873. The average molecular weight is 228 g/mol. The molecule has 0 aliphatic rings. The lowest BCUT2D eigenvalue weighted by Gasteiger charge is -2.07. The lowest BCUT2D eigenvalue weighted by Crippen LogP contribution is -2.01. The fourth-order valence-electron chi connectivity index (χ4n) is 1.61. The van der Waals surface area contributed by atoms with Crippen molar-refractivity contribution in [3.8, 4) is 5.75 Å². The lowest BCUT2D eigenvalue weighted by molar-refractivity contribution is 0.414. The minimum absolute atomic E-state index is 0.744. The van der Waals surface area contributed by atoms with E-state index in [1.807, 2.05) is 36.5 Å². The first-order valence-corrected chi connectivity index (χ1v) is 5.57. The molecule has 0 radical (unpaired) electrons. The Balaban J connectivity index is 2.02. The number of nitrogens with zero attached hydrogens (tertiary/aromatic N) is 1. The smallest absolute Gasteiger partial charge is 0.126 e. The third-order valence-corrected chi connectivity index (χ3v) is 2.52. The van der Waals surface area contributed by atoms with E-state index in [9.17, 15) is 0 Å². The number of nitrogens with one attached hydrogen (secondary N) is 1. The fraction of sp³-hybridized carbons (Fsp3) is 0.214. The fourth-order valence-corrected chi connectivity index (χ4v) is 1.61. The van der Waals surface area contributed by atoms with Gasteiger partial charge in [0, 0.05) is 12.7 Å². The van der Waals surface area contributed by atoms with Crippen LogP contribution in [0.15, 0.2) is 42.6 Å². The van der Waals surface area contributed by atoms with Gasteiger partial charge in [-0.3, -0.25) is 0 Å². The van der Waals surface area contributed by atoms with Crippen molar-refractivity contribution >= 4 is 5.82 Å². The molecule has 0 saturated heterocycles. The van der Waals surface area contributed by atoms with Crippen molar-refractivity contribution in [3.05, 3.63) is 53.7 Å². The zero-order chi connectivity index (χ0) is 12.1. The molecular formula is C14H16N2O. The minimum atomic E-state index is 0.744. The molecule has 1 aromatic carbocycles. The van der Waals surface area contributed by atoms with Crippen LogP contribution in [0.5, 0.6) is 5.75 Å². The summed E-state index contributed by atoms with van der Waals surface area (Å²) in [6.45, 7) is 2.80. The Hall–Kier alpha value is -2.03. The molecule has 0 bridgehead atoms. The first-order chi connectivity index (χ1) is 8.28. The topological polar surface area (TPSA) is 34.1 Å². The Bertz CT molecular complexity index is 497. The minimum Gasteiger partial charge on any atom is -0.497 e. The SMILES string of the molecule is COc1cccc(CNc2cc(C)ccn2)c1. The molecule has 0 saturated carbocycles. The number of hydrogen-bond acceptors (Lipinski definition) is 3. The molecule has 0 aliphatic carbocycles. The van der Waals surface area contributed by atoms with Gasteiger partial charge in [0.15, 0.2) is 0 Å². The molecule has 0 unspecified atom stereocenters. The number of ether oxygens (including phenoxy) is 1. The van der Waals surface area contributed by atoms with Crippen molar-refractivity contribution in [2.24, 2.45) is 0 Å². The van der Waals surface area contributed by atoms with Crippen LogP contribution in [0.3, 0.4) is 0 Å². The highest BCUT2D eigenvalue weighted by Gasteiger charge is 1.97. The molecule has 1 N–H and O–H groups in total. The zero-order valence-electron chi connectivity index (χ0n) is 10.1. The molecule has 0 fully saturated rings. The highest BCUT2D eigenvalue weighted by molar-refractivity contribution is 5.39. The van der Waals surface area contributed by atoms with Gasteiger partial charge in [-0.1, -0.05) is 12.1 Å². The Morgan fingerprint density at radius 2 is 2.12 bits per heavy atom. The van der Waals surface area contributed by atoms with Gasteiger partial charge < -0.3 is 10.1 Å².